The van der Waals surface area contributed by atoms with Gasteiger partial charge < -0.3 is 4.74 Å². The largest absolute Gasteiger partial charge is 0.469 e. The average Bonchev–Trinajstić information content (AvgIpc) is 2.78. The number of methoxy groups -OCH3 is 1. The molecule has 1 fully saturated rings. The second kappa shape index (κ2) is 6.16. The van der Waals surface area contributed by atoms with Crippen molar-refractivity contribution in [2.75, 3.05) is 13.7 Å². The van der Waals surface area contributed by atoms with Crippen LogP contribution in [-0.2, 0) is 19.6 Å². The fourth-order valence-corrected chi connectivity index (χ4v) is 3.90. The zero-order chi connectivity index (χ0) is 12.9. The molecule has 0 bridgehead atoms. The number of ether oxygens (including phenoxy) is 1. The Hall–Kier alpha value is -0.880. The van der Waals surface area contributed by atoms with Crippen molar-refractivity contribution in [1.82, 2.24) is 4.72 Å². The van der Waals surface area contributed by atoms with Crippen molar-refractivity contribution < 1.29 is 17.9 Å². The number of esters is 1. The van der Waals surface area contributed by atoms with Gasteiger partial charge >= 0.3 is 5.97 Å². The van der Waals surface area contributed by atoms with Crippen molar-refractivity contribution >= 4 is 16.0 Å². The third-order valence-electron chi connectivity index (χ3n) is 3.01. The Morgan fingerprint density at radius 2 is 2.24 bits per heavy atom. The van der Waals surface area contributed by atoms with Gasteiger partial charge in [0.15, 0.2) is 0 Å². The van der Waals surface area contributed by atoms with Crippen LogP contribution in [0.4, 0.5) is 0 Å². The van der Waals surface area contributed by atoms with Gasteiger partial charge in [-0.2, -0.15) is 0 Å². The summed E-state index contributed by atoms with van der Waals surface area (Å²) in [5.74, 6) is -0.956. The van der Waals surface area contributed by atoms with Crippen molar-refractivity contribution in [1.29, 1.82) is 0 Å². The van der Waals surface area contributed by atoms with Crippen molar-refractivity contribution in [3.63, 3.8) is 0 Å². The SMILES string of the molecule is C=CCCNS(=O)(=O)C1CCCC1C(=O)OC. The van der Waals surface area contributed by atoms with Crippen LogP contribution in [0.2, 0.25) is 0 Å². The molecule has 1 aliphatic carbocycles. The molecule has 1 aliphatic rings. The highest BCUT2D eigenvalue weighted by Gasteiger charge is 2.41. The van der Waals surface area contributed by atoms with Crippen molar-refractivity contribution in [2.24, 2.45) is 5.92 Å². The summed E-state index contributed by atoms with van der Waals surface area (Å²) >= 11 is 0. The Morgan fingerprint density at radius 1 is 1.53 bits per heavy atom. The van der Waals surface area contributed by atoms with E-state index in [9.17, 15) is 13.2 Å². The standard InChI is InChI=1S/C11H19NO4S/c1-3-4-8-12-17(14,15)10-7-5-6-9(10)11(13)16-2/h3,9-10,12H,1,4-8H2,2H3. The van der Waals surface area contributed by atoms with Crippen LogP contribution in [-0.4, -0.2) is 33.3 Å². The predicted molar refractivity (Wildman–Crippen MR) is 64.9 cm³/mol. The van der Waals surface area contributed by atoms with Crippen LogP contribution in [0.3, 0.4) is 0 Å². The van der Waals surface area contributed by atoms with E-state index >= 15 is 0 Å². The van der Waals surface area contributed by atoms with E-state index < -0.39 is 27.2 Å². The van der Waals surface area contributed by atoms with Gasteiger partial charge in [-0.15, -0.1) is 6.58 Å². The summed E-state index contributed by atoms with van der Waals surface area (Å²) in [5.41, 5.74) is 0. The molecule has 0 aromatic heterocycles. The lowest BCUT2D eigenvalue weighted by atomic mass is 10.1. The topological polar surface area (TPSA) is 72.5 Å². The molecule has 0 amide bonds. The van der Waals surface area contributed by atoms with E-state index in [0.29, 0.717) is 25.8 Å². The smallest absolute Gasteiger partial charge is 0.310 e. The maximum absolute atomic E-state index is 12.0. The number of nitrogens with one attached hydrogen (secondary N) is 1. The quantitative estimate of drug-likeness (QED) is 0.436. The summed E-state index contributed by atoms with van der Waals surface area (Å²) in [6.07, 6.45) is 4.07. The molecule has 0 aromatic rings. The van der Waals surface area contributed by atoms with E-state index in [1.54, 1.807) is 6.08 Å². The molecular formula is C11H19NO4S. The third-order valence-corrected chi connectivity index (χ3v) is 4.97. The maximum Gasteiger partial charge on any atom is 0.310 e. The van der Waals surface area contributed by atoms with Gasteiger partial charge in [-0.05, 0) is 19.3 Å². The number of carbonyl (C=O) groups is 1. The second-order valence-corrected chi connectivity index (χ2v) is 6.10. The molecule has 0 saturated heterocycles. The van der Waals surface area contributed by atoms with Crippen LogP contribution in [0.25, 0.3) is 0 Å². The second-order valence-electron chi connectivity index (χ2n) is 4.12. The molecule has 1 saturated carbocycles. The molecule has 1 N–H and O–H groups in total. The number of hydrogen-bond acceptors (Lipinski definition) is 4. The molecule has 6 heteroatoms. The summed E-state index contributed by atoms with van der Waals surface area (Å²) in [7, 11) is -2.15. The van der Waals surface area contributed by atoms with Crippen LogP contribution in [0.15, 0.2) is 12.7 Å². The Balaban J connectivity index is 2.69. The number of rotatable bonds is 6. The van der Waals surface area contributed by atoms with Crippen molar-refractivity contribution in [2.45, 2.75) is 30.9 Å². The first-order valence-electron chi connectivity index (χ1n) is 5.70. The zero-order valence-corrected chi connectivity index (χ0v) is 10.8. The fraction of sp³-hybridized carbons (Fsp3) is 0.727. The molecule has 98 valence electrons. The van der Waals surface area contributed by atoms with E-state index in [1.165, 1.54) is 7.11 Å². The molecule has 0 radical (unpaired) electrons. The van der Waals surface area contributed by atoms with E-state index in [1.807, 2.05) is 0 Å². The fourth-order valence-electron chi connectivity index (χ4n) is 2.13. The average molecular weight is 261 g/mol. The third kappa shape index (κ3) is 3.54. The predicted octanol–water partition coefficient (Wildman–Crippen LogP) is 0.824. The lowest BCUT2D eigenvalue weighted by molar-refractivity contribution is -0.145. The molecule has 2 atom stereocenters. The van der Waals surface area contributed by atoms with Crippen LogP contribution in [0.1, 0.15) is 25.7 Å². The van der Waals surface area contributed by atoms with Crippen molar-refractivity contribution in [3.8, 4) is 0 Å². The first kappa shape index (κ1) is 14.2. The molecule has 17 heavy (non-hydrogen) atoms. The summed E-state index contributed by atoms with van der Waals surface area (Å²) < 4.78 is 31.1. The van der Waals surface area contributed by atoms with Crippen LogP contribution in [0.5, 0.6) is 0 Å². The van der Waals surface area contributed by atoms with Gasteiger partial charge in [-0.3, -0.25) is 4.79 Å². The minimum atomic E-state index is -3.44. The van der Waals surface area contributed by atoms with Crippen LogP contribution >= 0.6 is 0 Å². The molecule has 0 aliphatic heterocycles. The van der Waals surface area contributed by atoms with Gasteiger partial charge in [0, 0.05) is 6.54 Å². The minimum Gasteiger partial charge on any atom is -0.469 e. The van der Waals surface area contributed by atoms with E-state index in [4.69, 9.17) is 0 Å². The molecule has 5 nitrogen and oxygen atoms in total. The lowest BCUT2D eigenvalue weighted by Gasteiger charge is -2.18. The Kier molecular flexibility index (Phi) is 5.14. The molecule has 0 heterocycles. The first-order valence-corrected chi connectivity index (χ1v) is 7.24. The molecule has 1 rings (SSSR count). The van der Waals surface area contributed by atoms with E-state index in [0.717, 1.165) is 6.42 Å². The van der Waals surface area contributed by atoms with Crippen LogP contribution in [0, 0.1) is 5.92 Å². The van der Waals surface area contributed by atoms with Gasteiger partial charge in [-0.25, -0.2) is 13.1 Å². The number of sulfonamides is 1. The van der Waals surface area contributed by atoms with E-state index in [-0.39, 0.29) is 0 Å². The van der Waals surface area contributed by atoms with Gasteiger partial charge in [0.25, 0.3) is 0 Å². The maximum atomic E-state index is 12.0. The first-order chi connectivity index (χ1) is 8.03. The highest BCUT2D eigenvalue weighted by atomic mass is 32.2. The molecule has 0 spiro atoms. The normalized spacial score (nSPS) is 24.5. The highest BCUT2D eigenvalue weighted by Crippen LogP contribution is 2.31. The summed E-state index contributed by atoms with van der Waals surface area (Å²) in [4.78, 5) is 11.5. The van der Waals surface area contributed by atoms with Gasteiger partial charge in [0.1, 0.15) is 0 Å². The van der Waals surface area contributed by atoms with Gasteiger partial charge in [0.05, 0.1) is 18.3 Å². The monoisotopic (exact) mass is 261 g/mol. The van der Waals surface area contributed by atoms with Gasteiger partial charge in [0.2, 0.25) is 10.0 Å². The highest BCUT2D eigenvalue weighted by molar-refractivity contribution is 7.90. The number of carbonyl (C=O) groups excluding carboxylic acids is 1. The Labute approximate surface area is 102 Å². The number of hydrogen-bond donors (Lipinski definition) is 1. The molecule has 2 unspecified atom stereocenters. The summed E-state index contributed by atoms with van der Waals surface area (Å²) in [6, 6.07) is 0. The van der Waals surface area contributed by atoms with E-state index in [2.05, 4.69) is 16.0 Å². The summed E-state index contributed by atoms with van der Waals surface area (Å²) in [6.45, 7) is 3.85. The molecular weight excluding hydrogens is 242 g/mol. The van der Waals surface area contributed by atoms with Crippen LogP contribution < -0.4 is 4.72 Å². The Bertz CT molecular complexity index is 377. The minimum absolute atomic E-state index is 0.330. The Morgan fingerprint density at radius 3 is 2.82 bits per heavy atom. The summed E-state index contributed by atoms with van der Waals surface area (Å²) in [5, 5.41) is -0.653. The zero-order valence-electron chi connectivity index (χ0n) is 10.0. The molecule has 0 aromatic carbocycles. The lowest BCUT2D eigenvalue weighted by Crippen LogP contribution is -2.39. The van der Waals surface area contributed by atoms with Gasteiger partial charge in [-0.1, -0.05) is 12.5 Å². The van der Waals surface area contributed by atoms with Crippen molar-refractivity contribution in [3.05, 3.63) is 12.7 Å².